The summed E-state index contributed by atoms with van der Waals surface area (Å²) in [4.78, 5) is 8.00. The Labute approximate surface area is 71.6 Å². The molecule has 0 aliphatic rings. The van der Waals surface area contributed by atoms with Crippen LogP contribution in [0.2, 0.25) is 0 Å². The largest absolute Gasteiger partial charge is 0.307 e. The smallest absolute Gasteiger partial charge is 0.106 e. The first-order valence-electron chi connectivity index (χ1n) is 2.70. The van der Waals surface area contributed by atoms with Crippen molar-refractivity contribution in [3.05, 3.63) is 35.9 Å². The second-order valence-corrected chi connectivity index (χ2v) is 1.65. The molecule has 1 aromatic rings. The van der Waals surface area contributed by atoms with Crippen molar-refractivity contribution in [2.75, 3.05) is 0 Å². The van der Waals surface area contributed by atoms with Crippen LogP contribution in [0.3, 0.4) is 0 Å². The fourth-order valence-electron chi connectivity index (χ4n) is 0.534. The molecular weight excluding hydrogens is 171 g/mol. The van der Waals surface area contributed by atoms with Crippen molar-refractivity contribution in [2.24, 2.45) is 0 Å². The Morgan fingerprint density at radius 3 is 1.70 bits per heavy atom. The topological polar surface area (TPSA) is 17.1 Å². The number of rotatable bonds is 0. The molecule has 1 rings (SSSR count). The number of benzene rings is 1. The van der Waals surface area contributed by atoms with Crippen LogP contribution in [-0.4, -0.2) is 6.79 Å². The summed E-state index contributed by atoms with van der Waals surface area (Å²) in [5, 5.41) is 0. The van der Waals surface area contributed by atoms with Crippen LogP contribution in [0.1, 0.15) is 5.56 Å². The Morgan fingerprint density at radius 1 is 1.10 bits per heavy atom. The van der Waals surface area contributed by atoms with Gasteiger partial charge in [0.15, 0.2) is 0 Å². The average Bonchev–Trinajstić information content (AvgIpc) is 1.94. The van der Waals surface area contributed by atoms with E-state index < -0.39 is 0 Å². The number of carbonyl (C=O) groups excluding carboxylic acids is 1. The summed E-state index contributed by atoms with van der Waals surface area (Å²) in [5.74, 6) is 0. The van der Waals surface area contributed by atoms with Gasteiger partial charge in [-0.05, 0) is 6.92 Å². The zero-order chi connectivity index (χ0) is 7.11. The molecule has 1 radical (unpaired) electrons. The molecule has 0 atom stereocenters. The molecule has 0 fully saturated rings. The third-order valence-electron chi connectivity index (χ3n) is 0.940. The number of hydrogen-bond acceptors (Lipinski definition) is 1. The summed E-state index contributed by atoms with van der Waals surface area (Å²) in [5.41, 5.74) is 1.32. The molecule has 0 saturated carbocycles. The van der Waals surface area contributed by atoms with Crippen molar-refractivity contribution in [1.29, 1.82) is 0 Å². The van der Waals surface area contributed by atoms with Crippen molar-refractivity contribution in [1.82, 2.24) is 0 Å². The first-order valence-corrected chi connectivity index (χ1v) is 2.70. The Bertz CT molecular complexity index is 151. The maximum Gasteiger partial charge on any atom is 0.106 e. The normalized spacial score (nSPS) is 6.50. The summed E-state index contributed by atoms with van der Waals surface area (Å²) in [7, 11) is 0. The van der Waals surface area contributed by atoms with Gasteiger partial charge in [0.1, 0.15) is 6.79 Å². The Hall–Kier alpha value is -0.604. The van der Waals surface area contributed by atoms with Crippen molar-refractivity contribution in [3.63, 3.8) is 0 Å². The van der Waals surface area contributed by atoms with Crippen LogP contribution in [0.5, 0.6) is 0 Å². The minimum absolute atomic E-state index is 0. The minimum Gasteiger partial charge on any atom is -0.307 e. The van der Waals surface area contributed by atoms with Gasteiger partial charge in [-0.15, -0.1) is 0 Å². The number of hydrogen-bond donors (Lipinski definition) is 0. The van der Waals surface area contributed by atoms with Crippen LogP contribution in [0, 0.1) is 6.92 Å². The second kappa shape index (κ2) is 8.40. The number of carbonyl (C=O) groups is 1. The first-order chi connectivity index (χ1) is 4.39. The molecule has 1 nitrogen and oxygen atoms in total. The van der Waals surface area contributed by atoms with E-state index in [1.807, 2.05) is 25.0 Å². The SMILES string of the molecule is C=O.Cc1ccccc1.[Co]. The summed E-state index contributed by atoms with van der Waals surface area (Å²) in [6.45, 7) is 4.08. The summed E-state index contributed by atoms with van der Waals surface area (Å²) in [6, 6.07) is 10.3. The molecule has 0 unspecified atom stereocenters. The van der Waals surface area contributed by atoms with E-state index >= 15 is 0 Å². The standard InChI is InChI=1S/C7H8.CH2O.Co/c1-7-5-3-2-4-6-7;1-2;/h2-6H,1H3;1H2;. The molecule has 0 amide bonds. The zero-order valence-electron chi connectivity index (χ0n) is 5.84. The van der Waals surface area contributed by atoms with E-state index in [2.05, 4.69) is 19.1 Å². The maximum absolute atomic E-state index is 8.00. The van der Waals surface area contributed by atoms with Gasteiger partial charge in [-0.1, -0.05) is 35.9 Å². The Morgan fingerprint density at radius 2 is 1.50 bits per heavy atom. The van der Waals surface area contributed by atoms with E-state index in [0.29, 0.717) is 0 Å². The molecular formula is C8H10CoO. The molecule has 0 N–H and O–H groups in total. The van der Waals surface area contributed by atoms with Crippen molar-refractivity contribution >= 4 is 6.79 Å². The molecule has 0 aliphatic heterocycles. The molecule has 2 heteroatoms. The predicted octanol–water partition coefficient (Wildman–Crippen LogP) is 1.81. The fourth-order valence-corrected chi connectivity index (χ4v) is 0.534. The molecule has 0 saturated heterocycles. The van der Waals surface area contributed by atoms with Gasteiger partial charge in [-0.2, -0.15) is 0 Å². The van der Waals surface area contributed by atoms with Crippen molar-refractivity contribution in [2.45, 2.75) is 6.92 Å². The van der Waals surface area contributed by atoms with Gasteiger partial charge in [0.25, 0.3) is 0 Å². The summed E-state index contributed by atoms with van der Waals surface area (Å²) >= 11 is 0. The second-order valence-electron chi connectivity index (χ2n) is 1.65. The van der Waals surface area contributed by atoms with Crippen LogP contribution in [0.25, 0.3) is 0 Å². The van der Waals surface area contributed by atoms with E-state index in [1.165, 1.54) is 5.56 Å². The molecule has 0 spiro atoms. The molecule has 0 bridgehead atoms. The van der Waals surface area contributed by atoms with Crippen molar-refractivity contribution < 1.29 is 21.6 Å². The van der Waals surface area contributed by atoms with E-state index in [4.69, 9.17) is 4.79 Å². The van der Waals surface area contributed by atoms with Gasteiger partial charge in [0.05, 0.1) is 0 Å². The van der Waals surface area contributed by atoms with Crippen LogP contribution >= 0.6 is 0 Å². The van der Waals surface area contributed by atoms with Gasteiger partial charge in [-0.3, -0.25) is 0 Å². The van der Waals surface area contributed by atoms with E-state index in [0.717, 1.165) is 0 Å². The third kappa shape index (κ3) is 5.53. The van der Waals surface area contributed by atoms with E-state index in [1.54, 1.807) is 0 Å². The number of aryl methyl sites for hydroxylation is 1. The molecule has 0 aliphatic carbocycles. The Kier molecular flexibility index (Phi) is 10.2. The van der Waals surface area contributed by atoms with Crippen LogP contribution in [0.15, 0.2) is 30.3 Å². The van der Waals surface area contributed by atoms with Crippen LogP contribution in [0.4, 0.5) is 0 Å². The molecule has 0 aromatic heterocycles. The van der Waals surface area contributed by atoms with Crippen LogP contribution < -0.4 is 0 Å². The van der Waals surface area contributed by atoms with Gasteiger partial charge < -0.3 is 4.79 Å². The average molecular weight is 181 g/mol. The first kappa shape index (κ1) is 12.1. The minimum atomic E-state index is 0. The van der Waals surface area contributed by atoms with Gasteiger partial charge in [0.2, 0.25) is 0 Å². The third-order valence-corrected chi connectivity index (χ3v) is 0.940. The molecule has 10 heavy (non-hydrogen) atoms. The fraction of sp³-hybridized carbons (Fsp3) is 0.125. The van der Waals surface area contributed by atoms with Gasteiger partial charge >= 0.3 is 0 Å². The quantitative estimate of drug-likeness (QED) is 0.596. The monoisotopic (exact) mass is 181 g/mol. The van der Waals surface area contributed by atoms with Gasteiger partial charge in [0, 0.05) is 16.8 Å². The van der Waals surface area contributed by atoms with E-state index in [-0.39, 0.29) is 16.8 Å². The molecule has 1 aromatic carbocycles. The van der Waals surface area contributed by atoms with Crippen molar-refractivity contribution in [3.8, 4) is 0 Å². The maximum atomic E-state index is 8.00. The Balaban J connectivity index is 0. The summed E-state index contributed by atoms with van der Waals surface area (Å²) < 4.78 is 0. The van der Waals surface area contributed by atoms with E-state index in [9.17, 15) is 0 Å². The molecule has 57 valence electrons. The predicted molar refractivity (Wildman–Crippen MR) is 38.3 cm³/mol. The zero-order valence-corrected chi connectivity index (χ0v) is 6.88. The van der Waals surface area contributed by atoms with Crippen LogP contribution in [-0.2, 0) is 21.6 Å². The van der Waals surface area contributed by atoms with Gasteiger partial charge in [-0.25, -0.2) is 0 Å². The molecule has 0 heterocycles. The summed E-state index contributed by atoms with van der Waals surface area (Å²) in [6.07, 6.45) is 0.